The van der Waals surface area contributed by atoms with Crippen LogP contribution in [0, 0.1) is 0 Å². The normalized spacial score (nSPS) is 14.3. The Morgan fingerprint density at radius 2 is 1.92 bits per heavy atom. The Morgan fingerprint density at radius 3 is 2.62 bits per heavy atom. The third-order valence-corrected chi connectivity index (χ3v) is 5.27. The molecular formula is C17H19N3O3S. The molecule has 7 heteroatoms. The molecule has 0 radical (unpaired) electrons. The van der Waals surface area contributed by atoms with Crippen molar-refractivity contribution in [3.63, 3.8) is 0 Å². The van der Waals surface area contributed by atoms with Gasteiger partial charge in [-0.25, -0.2) is 13.1 Å². The van der Waals surface area contributed by atoms with E-state index in [1.165, 1.54) is 12.1 Å². The Kier molecular flexibility index (Phi) is 4.92. The van der Waals surface area contributed by atoms with E-state index < -0.39 is 10.0 Å². The van der Waals surface area contributed by atoms with Crippen molar-refractivity contribution in [2.45, 2.75) is 30.2 Å². The van der Waals surface area contributed by atoms with Crippen LogP contribution in [0.2, 0.25) is 0 Å². The standard InChI is InChI=1S/C17H19N3O3S/c21-17(19-11-8-13-6-9-18-10-7-13)14-2-1-3-16(12-14)24(22,23)20-15-4-5-15/h1-3,6-7,9-10,12,15,20H,4-5,8,11H2,(H,19,21). The van der Waals surface area contributed by atoms with Gasteiger partial charge in [-0.05, 0) is 55.2 Å². The lowest BCUT2D eigenvalue weighted by Gasteiger charge is -2.08. The van der Waals surface area contributed by atoms with E-state index in [0.29, 0.717) is 18.5 Å². The van der Waals surface area contributed by atoms with Gasteiger partial charge in [-0.2, -0.15) is 0 Å². The lowest BCUT2D eigenvalue weighted by atomic mass is 10.2. The second-order valence-corrected chi connectivity index (χ2v) is 7.50. The molecule has 1 aromatic heterocycles. The van der Waals surface area contributed by atoms with Crippen molar-refractivity contribution in [3.05, 3.63) is 59.9 Å². The van der Waals surface area contributed by atoms with Crippen LogP contribution in [-0.4, -0.2) is 31.9 Å². The molecule has 3 rings (SSSR count). The summed E-state index contributed by atoms with van der Waals surface area (Å²) in [7, 11) is -3.55. The number of carbonyl (C=O) groups excluding carboxylic acids is 1. The summed E-state index contributed by atoms with van der Waals surface area (Å²) in [6, 6.07) is 9.92. The molecule has 0 unspecified atom stereocenters. The minimum Gasteiger partial charge on any atom is -0.352 e. The topological polar surface area (TPSA) is 88.2 Å². The largest absolute Gasteiger partial charge is 0.352 e. The quantitative estimate of drug-likeness (QED) is 0.796. The number of pyridine rings is 1. The van der Waals surface area contributed by atoms with Gasteiger partial charge in [0, 0.05) is 30.5 Å². The zero-order valence-electron chi connectivity index (χ0n) is 13.1. The Hall–Kier alpha value is -2.25. The van der Waals surface area contributed by atoms with Crippen molar-refractivity contribution in [3.8, 4) is 0 Å². The predicted molar refractivity (Wildman–Crippen MR) is 90.1 cm³/mol. The fraction of sp³-hybridized carbons (Fsp3) is 0.294. The average Bonchev–Trinajstić information content (AvgIpc) is 3.39. The number of amides is 1. The molecule has 1 aromatic carbocycles. The Morgan fingerprint density at radius 1 is 1.17 bits per heavy atom. The summed E-state index contributed by atoms with van der Waals surface area (Å²) in [6.07, 6.45) is 5.84. The van der Waals surface area contributed by atoms with Crippen molar-refractivity contribution >= 4 is 15.9 Å². The van der Waals surface area contributed by atoms with E-state index >= 15 is 0 Å². The van der Waals surface area contributed by atoms with Crippen LogP contribution in [0.1, 0.15) is 28.8 Å². The number of benzene rings is 1. The lowest BCUT2D eigenvalue weighted by Crippen LogP contribution is -2.28. The van der Waals surface area contributed by atoms with Crippen molar-refractivity contribution in [1.82, 2.24) is 15.0 Å². The molecule has 1 heterocycles. The Balaban J connectivity index is 1.61. The van der Waals surface area contributed by atoms with Gasteiger partial charge in [0.05, 0.1) is 4.90 Å². The maximum absolute atomic E-state index is 12.2. The first kappa shape index (κ1) is 16.6. The van der Waals surface area contributed by atoms with Gasteiger partial charge in [0.25, 0.3) is 5.91 Å². The highest BCUT2D eigenvalue weighted by molar-refractivity contribution is 7.89. The van der Waals surface area contributed by atoms with Gasteiger partial charge in [0.1, 0.15) is 0 Å². The molecular weight excluding hydrogens is 326 g/mol. The molecule has 0 bridgehead atoms. The third kappa shape index (κ3) is 4.39. The summed E-state index contributed by atoms with van der Waals surface area (Å²) in [4.78, 5) is 16.3. The first-order chi connectivity index (χ1) is 11.5. The van der Waals surface area contributed by atoms with Crippen molar-refractivity contribution in [2.24, 2.45) is 0 Å². The molecule has 0 atom stereocenters. The zero-order chi connectivity index (χ0) is 17.0. The minimum atomic E-state index is -3.55. The lowest BCUT2D eigenvalue weighted by molar-refractivity contribution is 0.0954. The van der Waals surface area contributed by atoms with Crippen LogP contribution in [0.3, 0.4) is 0 Å². The molecule has 0 aliphatic heterocycles. The van der Waals surface area contributed by atoms with Crippen molar-refractivity contribution in [2.75, 3.05) is 6.54 Å². The first-order valence-corrected chi connectivity index (χ1v) is 9.32. The third-order valence-electron chi connectivity index (χ3n) is 3.75. The first-order valence-electron chi connectivity index (χ1n) is 7.84. The second-order valence-electron chi connectivity index (χ2n) is 5.78. The number of aromatic nitrogens is 1. The molecule has 126 valence electrons. The van der Waals surface area contributed by atoms with Gasteiger partial charge in [-0.1, -0.05) is 6.07 Å². The summed E-state index contributed by atoms with van der Waals surface area (Å²) < 4.78 is 27.0. The number of nitrogens with zero attached hydrogens (tertiary/aromatic N) is 1. The number of rotatable bonds is 7. The maximum atomic E-state index is 12.2. The molecule has 6 nitrogen and oxygen atoms in total. The molecule has 1 aliphatic rings. The summed E-state index contributed by atoms with van der Waals surface area (Å²) >= 11 is 0. The summed E-state index contributed by atoms with van der Waals surface area (Å²) in [6.45, 7) is 0.472. The van der Waals surface area contributed by atoms with E-state index in [0.717, 1.165) is 18.4 Å². The predicted octanol–water partition coefficient (Wildman–Crippen LogP) is 1.49. The molecule has 0 saturated heterocycles. The maximum Gasteiger partial charge on any atom is 0.251 e. The van der Waals surface area contributed by atoms with Crippen LogP contribution in [0.4, 0.5) is 0 Å². The molecule has 1 saturated carbocycles. The van der Waals surface area contributed by atoms with Crippen LogP contribution in [0.15, 0.2) is 53.7 Å². The highest BCUT2D eigenvalue weighted by Crippen LogP contribution is 2.22. The van der Waals surface area contributed by atoms with Crippen LogP contribution < -0.4 is 10.0 Å². The summed E-state index contributed by atoms with van der Waals surface area (Å²) in [5.41, 5.74) is 1.42. The minimum absolute atomic E-state index is 0.0350. The average molecular weight is 345 g/mol. The molecule has 1 aliphatic carbocycles. The Bertz CT molecular complexity index is 818. The SMILES string of the molecule is O=C(NCCc1ccncc1)c1cccc(S(=O)(=O)NC2CC2)c1. The summed E-state index contributed by atoms with van der Waals surface area (Å²) in [5, 5.41) is 2.80. The monoisotopic (exact) mass is 345 g/mol. The molecule has 2 N–H and O–H groups in total. The Labute approximate surface area is 141 Å². The molecule has 2 aromatic rings. The van der Waals surface area contributed by atoms with Crippen LogP contribution in [0.5, 0.6) is 0 Å². The van der Waals surface area contributed by atoms with E-state index in [9.17, 15) is 13.2 Å². The second kappa shape index (κ2) is 7.11. The van der Waals surface area contributed by atoms with E-state index in [1.807, 2.05) is 12.1 Å². The van der Waals surface area contributed by atoms with Crippen molar-refractivity contribution in [1.29, 1.82) is 0 Å². The molecule has 0 spiro atoms. The van der Waals surface area contributed by atoms with Crippen molar-refractivity contribution < 1.29 is 13.2 Å². The van der Waals surface area contributed by atoms with Gasteiger partial charge in [0.2, 0.25) is 10.0 Å². The number of nitrogens with one attached hydrogen (secondary N) is 2. The number of hydrogen-bond acceptors (Lipinski definition) is 4. The van der Waals surface area contributed by atoms with Gasteiger partial charge in [0.15, 0.2) is 0 Å². The number of hydrogen-bond donors (Lipinski definition) is 2. The fourth-order valence-electron chi connectivity index (χ4n) is 2.27. The zero-order valence-corrected chi connectivity index (χ0v) is 13.9. The van der Waals surface area contributed by atoms with E-state index in [4.69, 9.17) is 0 Å². The van der Waals surface area contributed by atoms with Crippen LogP contribution in [0.25, 0.3) is 0 Å². The van der Waals surface area contributed by atoms with Gasteiger partial charge >= 0.3 is 0 Å². The molecule has 1 fully saturated rings. The van der Waals surface area contributed by atoms with Gasteiger partial charge in [-0.3, -0.25) is 9.78 Å². The van der Waals surface area contributed by atoms with Crippen LogP contribution in [-0.2, 0) is 16.4 Å². The smallest absolute Gasteiger partial charge is 0.251 e. The fourth-order valence-corrected chi connectivity index (χ4v) is 3.62. The van der Waals surface area contributed by atoms with Gasteiger partial charge < -0.3 is 5.32 Å². The van der Waals surface area contributed by atoms with E-state index in [1.54, 1.807) is 24.5 Å². The molecule has 24 heavy (non-hydrogen) atoms. The number of sulfonamides is 1. The number of carbonyl (C=O) groups is 1. The summed E-state index contributed by atoms with van der Waals surface area (Å²) in [5.74, 6) is -0.285. The van der Waals surface area contributed by atoms with E-state index in [2.05, 4.69) is 15.0 Å². The van der Waals surface area contributed by atoms with E-state index in [-0.39, 0.29) is 16.8 Å². The van der Waals surface area contributed by atoms with Crippen LogP contribution >= 0.6 is 0 Å². The highest BCUT2D eigenvalue weighted by atomic mass is 32.2. The molecule has 1 amide bonds. The van der Waals surface area contributed by atoms with Gasteiger partial charge in [-0.15, -0.1) is 0 Å². The highest BCUT2D eigenvalue weighted by Gasteiger charge is 2.28.